The number of ether oxygens (including phenoxy) is 1. The van der Waals surface area contributed by atoms with Crippen molar-refractivity contribution >= 4 is 12.4 Å². The molecule has 1 saturated carbocycles. The van der Waals surface area contributed by atoms with Gasteiger partial charge in [-0.2, -0.15) is 5.26 Å². The summed E-state index contributed by atoms with van der Waals surface area (Å²) in [6.45, 7) is 2.37. The van der Waals surface area contributed by atoms with Gasteiger partial charge in [-0.1, -0.05) is 30.7 Å². The average Bonchev–Trinajstić information content (AvgIpc) is 2.70. The van der Waals surface area contributed by atoms with E-state index in [0.717, 1.165) is 25.9 Å². The van der Waals surface area contributed by atoms with E-state index in [2.05, 4.69) is 33.9 Å². The lowest BCUT2D eigenvalue weighted by atomic mass is 9.85. The van der Waals surface area contributed by atoms with Crippen LogP contribution in [0.5, 0.6) is 0 Å². The quantitative estimate of drug-likeness (QED) is 0.544. The molecule has 3 rings (SSSR count). The molecule has 1 unspecified atom stereocenters. The number of pyridine rings is 1. The minimum atomic E-state index is -0.325. The summed E-state index contributed by atoms with van der Waals surface area (Å²) in [5.74, 6) is 6.91. The third kappa shape index (κ3) is 6.22. The Morgan fingerprint density at radius 1 is 1.22 bits per heavy atom. The minimum absolute atomic E-state index is 0. The number of piperidine rings is 1. The fourth-order valence-electron chi connectivity index (χ4n) is 4.15. The molecule has 1 aliphatic carbocycles. The average molecular weight is 388 g/mol. The van der Waals surface area contributed by atoms with Gasteiger partial charge in [0.2, 0.25) is 0 Å². The van der Waals surface area contributed by atoms with Gasteiger partial charge in [0.1, 0.15) is 5.60 Å². The van der Waals surface area contributed by atoms with Gasteiger partial charge in [0.15, 0.2) is 0 Å². The molecule has 2 heterocycles. The number of hydrogen-bond donors (Lipinski definition) is 0. The second-order valence-corrected chi connectivity index (χ2v) is 7.38. The van der Waals surface area contributed by atoms with Gasteiger partial charge in [-0.3, -0.25) is 9.88 Å². The maximum Gasteiger partial charge on any atom is 0.128 e. The van der Waals surface area contributed by atoms with Crippen molar-refractivity contribution in [2.75, 3.05) is 19.7 Å². The molecule has 0 bridgehead atoms. The monoisotopic (exact) mass is 387 g/mol. The Bertz CT molecular complexity index is 656. The fraction of sp³-hybridized carbons (Fsp3) is 0.636. The second-order valence-electron chi connectivity index (χ2n) is 7.38. The lowest BCUT2D eigenvalue weighted by Crippen LogP contribution is -2.36. The normalized spacial score (nSPS) is 22.0. The first-order valence-corrected chi connectivity index (χ1v) is 9.98. The van der Waals surface area contributed by atoms with Crippen molar-refractivity contribution in [3.05, 3.63) is 30.1 Å². The van der Waals surface area contributed by atoms with Crippen LogP contribution in [0.15, 0.2) is 24.5 Å². The lowest BCUT2D eigenvalue weighted by molar-refractivity contribution is -0.0233. The highest BCUT2D eigenvalue weighted by atomic mass is 35.5. The number of likely N-dealkylation sites (tertiary alicyclic amines) is 1. The van der Waals surface area contributed by atoms with Crippen LogP contribution in [0.3, 0.4) is 0 Å². The molecule has 5 heteroatoms. The molecule has 0 amide bonds. The molecule has 0 aromatic carbocycles. The predicted molar refractivity (Wildman–Crippen MR) is 109 cm³/mol. The Morgan fingerprint density at radius 3 is 2.81 bits per heavy atom. The van der Waals surface area contributed by atoms with E-state index in [4.69, 9.17) is 10.00 Å². The molecule has 1 atom stereocenters. The highest BCUT2D eigenvalue weighted by molar-refractivity contribution is 5.85. The van der Waals surface area contributed by atoms with Crippen LogP contribution >= 0.6 is 12.4 Å². The van der Waals surface area contributed by atoms with E-state index >= 15 is 0 Å². The van der Waals surface area contributed by atoms with Crippen molar-refractivity contribution in [3.8, 4) is 17.9 Å². The summed E-state index contributed by atoms with van der Waals surface area (Å²) in [6, 6.07) is 6.79. The smallest absolute Gasteiger partial charge is 0.128 e. The SMILES string of the molecule is Cl.N#CCCOC1(C#CCN2CCCCC2c2cccnc2)CCCCC1. The van der Waals surface area contributed by atoms with Crippen molar-refractivity contribution in [3.63, 3.8) is 0 Å². The van der Waals surface area contributed by atoms with Crippen molar-refractivity contribution in [1.29, 1.82) is 5.26 Å². The Hall–Kier alpha value is -1.59. The molecule has 4 nitrogen and oxygen atoms in total. The summed E-state index contributed by atoms with van der Waals surface area (Å²) < 4.78 is 6.09. The Balaban J connectivity index is 0.00000261. The summed E-state index contributed by atoms with van der Waals surface area (Å²) in [4.78, 5) is 6.78. The van der Waals surface area contributed by atoms with Crippen LogP contribution < -0.4 is 0 Å². The molecule has 27 heavy (non-hydrogen) atoms. The van der Waals surface area contributed by atoms with Gasteiger partial charge >= 0.3 is 0 Å². The van der Waals surface area contributed by atoms with E-state index < -0.39 is 0 Å². The minimum Gasteiger partial charge on any atom is -0.361 e. The first kappa shape index (κ1) is 21.7. The standard InChI is InChI=1S/C22H29N3O.ClH/c23-14-8-18-26-22(11-3-1-4-12-22)13-7-17-25-16-5-2-10-21(25)20-9-6-15-24-19-20;/h6,9,15,19,21H,1-5,8,10-12,16-18H2;1H. The summed E-state index contributed by atoms with van der Waals surface area (Å²) in [5.41, 5.74) is 0.973. The highest BCUT2D eigenvalue weighted by Gasteiger charge is 2.31. The molecule has 146 valence electrons. The molecule has 2 aliphatic rings. The molecule has 0 spiro atoms. The highest BCUT2D eigenvalue weighted by Crippen LogP contribution is 2.32. The molecule has 1 aromatic heterocycles. The number of aromatic nitrogens is 1. The van der Waals surface area contributed by atoms with Gasteiger partial charge in [-0.05, 0) is 56.7 Å². The van der Waals surface area contributed by atoms with Gasteiger partial charge in [0, 0.05) is 18.4 Å². The van der Waals surface area contributed by atoms with E-state index in [-0.39, 0.29) is 18.0 Å². The lowest BCUT2D eigenvalue weighted by Gasteiger charge is -2.35. The van der Waals surface area contributed by atoms with Gasteiger partial charge in [-0.25, -0.2) is 0 Å². The van der Waals surface area contributed by atoms with E-state index in [1.807, 2.05) is 18.5 Å². The van der Waals surface area contributed by atoms with Crippen molar-refractivity contribution in [2.24, 2.45) is 0 Å². The van der Waals surface area contributed by atoms with Gasteiger partial charge in [-0.15, -0.1) is 12.4 Å². The zero-order valence-electron chi connectivity index (χ0n) is 16.0. The largest absolute Gasteiger partial charge is 0.361 e. The molecular formula is C22H30ClN3O. The summed E-state index contributed by atoms with van der Waals surface area (Å²) in [7, 11) is 0. The van der Waals surface area contributed by atoms with Crippen LogP contribution in [-0.2, 0) is 4.74 Å². The predicted octanol–water partition coefficient (Wildman–Crippen LogP) is 4.67. The van der Waals surface area contributed by atoms with E-state index in [9.17, 15) is 0 Å². The topological polar surface area (TPSA) is 49.1 Å². The van der Waals surface area contributed by atoms with Gasteiger partial charge in [0.05, 0.1) is 25.6 Å². The van der Waals surface area contributed by atoms with Gasteiger partial charge < -0.3 is 4.74 Å². The second kappa shape index (κ2) is 11.3. The molecule has 1 aliphatic heterocycles. The number of rotatable bonds is 5. The van der Waals surface area contributed by atoms with Crippen LogP contribution in [0.4, 0.5) is 0 Å². The molecular weight excluding hydrogens is 358 g/mol. The summed E-state index contributed by atoms with van der Waals surface area (Å²) >= 11 is 0. The Morgan fingerprint density at radius 2 is 2.07 bits per heavy atom. The van der Waals surface area contributed by atoms with Crippen LogP contribution in [0.2, 0.25) is 0 Å². The third-order valence-electron chi connectivity index (χ3n) is 5.53. The first-order chi connectivity index (χ1) is 12.8. The van der Waals surface area contributed by atoms with E-state index in [1.54, 1.807) is 0 Å². The number of halogens is 1. The molecule has 1 saturated heterocycles. The summed E-state index contributed by atoms with van der Waals surface area (Å²) in [5, 5.41) is 8.79. The maximum atomic E-state index is 8.79. The van der Waals surface area contributed by atoms with Crippen LogP contribution in [0.1, 0.15) is 69.4 Å². The summed E-state index contributed by atoms with van der Waals surface area (Å²) in [6.07, 6.45) is 13.6. The fourth-order valence-corrected chi connectivity index (χ4v) is 4.15. The Labute approximate surface area is 169 Å². The number of hydrogen-bond acceptors (Lipinski definition) is 4. The molecule has 0 N–H and O–H groups in total. The zero-order chi connectivity index (χ0) is 18.1. The molecule has 1 aromatic rings. The van der Waals surface area contributed by atoms with Crippen LogP contribution in [-0.4, -0.2) is 35.2 Å². The zero-order valence-corrected chi connectivity index (χ0v) is 16.8. The van der Waals surface area contributed by atoms with Crippen molar-refractivity contribution in [2.45, 2.75) is 69.4 Å². The third-order valence-corrected chi connectivity index (χ3v) is 5.53. The maximum absolute atomic E-state index is 8.79. The first-order valence-electron chi connectivity index (χ1n) is 9.98. The van der Waals surface area contributed by atoms with E-state index in [1.165, 1.54) is 44.1 Å². The molecule has 0 radical (unpaired) electrons. The number of nitriles is 1. The van der Waals surface area contributed by atoms with E-state index in [0.29, 0.717) is 19.1 Å². The number of nitrogens with zero attached hydrogens (tertiary/aromatic N) is 3. The van der Waals surface area contributed by atoms with Crippen molar-refractivity contribution < 1.29 is 4.74 Å². The Kier molecular flexibility index (Phi) is 9.08. The molecule has 2 fully saturated rings. The van der Waals surface area contributed by atoms with Crippen molar-refractivity contribution in [1.82, 2.24) is 9.88 Å². The van der Waals surface area contributed by atoms with Crippen LogP contribution in [0, 0.1) is 23.2 Å². The van der Waals surface area contributed by atoms with Crippen LogP contribution in [0.25, 0.3) is 0 Å². The van der Waals surface area contributed by atoms with Gasteiger partial charge in [0.25, 0.3) is 0 Å².